The molecule has 0 aromatic heterocycles. The van der Waals surface area contributed by atoms with Crippen molar-refractivity contribution in [3.05, 3.63) is 102 Å². The van der Waals surface area contributed by atoms with Crippen LogP contribution in [-0.2, 0) is 0 Å². The summed E-state index contributed by atoms with van der Waals surface area (Å²) in [4.78, 5) is 15.6. The van der Waals surface area contributed by atoms with Gasteiger partial charge in [-0.1, -0.05) is 60.7 Å². The van der Waals surface area contributed by atoms with Crippen LogP contribution in [0.15, 0.2) is 84.9 Å². The minimum absolute atomic E-state index is 0.133. The first kappa shape index (κ1) is 17.9. The van der Waals surface area contributed by atoms with Crippen molar-refractivity contribution in [3.8, 4) is 0 Å². The lowest BCUT2D eigenvalue weighted by Gasteiger charge is -2.22. The summed E-state index contributed by atoms with van der Waals surface area (Å²) in [7, 11) is 0. The third-order valence-corrected chi connectivity index (χ3v) is 4.81. The van der Waals surface area contributed by atoms with Crippen molar-refractivity contribution in [3.63, 3.8) is 0 Å². The Balaban J connectivity index is 1.96. The summed E-state index contributed by atoms with van der Waals surface area (Å²) in [5, 5.41) is 0. The molecule has 0 saturated heterocycles. The highest BCUT2D eigenvalue weighted by molar-refractivity contribution is 6.03. The molecular weight excluding hydrogens is 318 g/mol. The number of hydrogen-bond acceptors (Lipinski definition) is 2. The van der Waals surface area contributed by atoms with Gasteiger partial charge in [0.05, 0.1) is 5.92 Å². The van der Waals surface area contributed by atoms with Gasteiger partial charge in [0, 0.05) is 24.3 Å². The Morgan fingerprint density at radius 1 is 0.731 bits per heavy atom. The summed E-state index contributed by atoms with van der Waals surface area (Å²) in [6.45, 7) is 6.20. The second kappa shape index (κ2) is 8.48. The van der Waals surface area contributed by atoms with Crippen molar-refractivity contribution in [2.24, 2.45) is 0 Å². The minimum atomic E-state index is -0.281. The van der Waals surface area contributed by atoms with E-state index in [1.807, 2.05) is 84.9 Å². The van der Waals surface area contributed by atoms with Gasteiger partial charge in [0.1, 0.15) is 0 Å². The molecular formula is C24H25NO. The number of Topliss-reactive ketones (excluding diaryl/α,β-unsaturated/α-hetero) is 1. The van der Waals surface area contributed by atoms with E-state index in [0.717, 1.165) is 35.5 Å². The average Bonchev–Trinajstić information content (AvgIpc) is 2.71. The Morgan fingerprint density at radius 3 is 1.62 bits per heavy atom. The summed E-state index contributed by atoms with van der Waals surface area (Å²) in [6.07, 6.45) is 0. The van der Waals surface area contributed by atoms with Crippen LogP contribution in [-0.4, -0.2) is 18.9 Å². The van der Waals surface area contributed by atoms with Gasteiger partial charge in [0.2, 0.25) is 0 Å². The van der Waals surface area contributed by atoms with E-state index in [4.69, 9.17) is 0 Å². The highest BCUT2D eigenvalue weighted by atomic mass is 16.1. The van der Waals surface area contributed by atoms with Gasteiger partial charge in [-0.15, -0.1) is 0 Å². The summed E-state index contributed by atoms with van der Waals surface area (Å²) in [5.74, 6) is -0.148. The summed E-state index contributed by atoms with van der Waals surface area (Å²) in [6, 6.07) is 28.0. The number of carbonyl (C=O) groups excluding carboxylic acids is 1. The smallest absolute Gasteiger partial charge is 0.174 e. The number of ketones is 1. The lowest BCUT2D eigenvalue weighted by atomic mass is 9.85. The number of rotatable bonds is 7. The first-order valence-electron chi connectivity index (χ1n) is 9.23. The van der Waals surface area contributed by atoms with Crippen molar-refractivity contribution >= 4 is 11.5 Å². The lowest BCUT2D eigenvalue weighted by Crippen LogP contribution is -2.22. The van der Waals surface area contributed by atoms with E-state index in [0.29, 0.717) is 0 Å². The zero-order valence-corrected chi connectivity index (χ0v) is 15.4. The first-order valence-corrected chi connectivity index (χ1v) is 9.23. The van der Waals surface area contributed by atoms with Crippen molar-refractivity contribution in [1.29, 1.82) is 0 Å². The molecule has 0 heterocycles. The zero-order chi connectivity index (χ0) is 18.4. The molecule has 0 radical (unpaired) electrons. The first-order chi connectivity index (χ1) is 12.7. The number of nitrogens with zero attached hydrogens (tertiary/aromatic N) is 1. The van der Waals surface area contributed by atoms with Gasteiger partial charge < -0.3 is 4.90 Å². The molecule has 0 aliphatic rings. The molecule has 0 amide bonds. The standard InChI is InChI=1S/C24H25NO/c1-3-25(4-2)22-17-15-21(16-18-22)24(26)23(19-11-7-5-8-12-19)20-13-9-6-10-14-20/h5-18,23H,3-4H2,1-2H3. The Bertz CT molecular complexity index is 782. The molecule has 0 bridgehead atoms. The van der Waals surface area contributed by atoms with E-state index in [9.17, 15) is 4.79 Å². The van der Waals surface area contributed by atoms with Gasteiger partial charge in [0.25, 0.3) is 0 Å². The normalized spacial score (nSPS) is 10.7. The molecule has 2 heteroatoms. The molecule has 132 valence electrons. The van der Waals surface area contributed by atoms with Crippen LogP contribution in [0.25, 0.3) is 0 Å². The molecule has 0 aliphatic carbocycles. The van der Waals surface area contributed by atoms with Crippen LogP contribution in [0, 0.1) is 0 Å². The third kappa shape index (κ3) is 3.85. The Hall–Kier alpha value is -2.87. The average molecular weight is 343 g/mol. The van der Waals surface area contributed by atoms with Crippen molar-refractivity contribution in [2.75, 3.05) is 18.0 Å². The van der Waals surface area contributed by atoms with Gasteiger partial charge in [-0.25, -0.2) is 0 Å². The number of hydrogen-bond donors (Lipinski definition) is 0. The number of anilines is 1. The van der Waals surface area contributed by atoms with Gasteiger partial charge in [0.15, 0.2) is 5.78 Å². The molecule has 3 rings (SSSR count). The largest absolute Gasteiger partial charge is 0.372 e. The predicted molar refractivity (Wildman–Crippen MR) is 109 cm³/mol. The van der Waals surface area contributed by atoms with Gasteiger partial charge in [-0.05, 0) is 49.2 Å². The van der Waals surface area contributed by atoms with Gasteiger partial charge in [-0.3, -0.25) is 4.79 Å². The fraction of sp³-hybridized carbons (Fsp3) is 0.208. The van der Waals surface area contributed by atoms with Crippen molar-refractivity contribution < 1.29 is 4.79 Å². The van der Waals surface area contributed by atoms with E-state index < -0.39 is 0 Å². The highest BCUT2D eigenvalue weighted by Crippen LogP contribution is 2.29. The van der Waals surface area contributed by atoms with Crippen LogP contribution in [0.1, 0.15) is 41.3 Å². The van der Waals surface area contributed by atoms with Crippen LogP contribution < -0.4 is 4.90 Å². The van der Waals surface area contributed by atoms with Crippen LogP contribution in [0.3, 0.4) is 0 Å². The molecule has 3 aromatic rings. The van der Waals surface area contributed by atoms with E-state index >= 15 is 0 Å². The Morgan fingerprint density at radius 2 is 1.19 bits per heavy atom. The Kier molecular flexibility index (Phi) is 5.85. The molecule has 3 aromatic carbocycles. The summed E-state index contributed by atoms with van der Waals surface area (Å²) in [5.41, 5.74) is 3.95. The molecule has 0 unspecified atom stereocenters. The molecule has 0 fully saturated rings. The summed E-state index contributed by atoms with van der Waals surface area (Å²) >= 11 is 0. The van der Waals surface area contributed by atoms with E-state index in [-0.39, 0.29) is 11.7 Å². The maximum absolute atomic E-state index is 13.4. The fourth-order valence-electron chi connectivity index (χ4n) is 3.38. The molecule has 0 atom stereocenters. The SMILES string of the molecule is CCN(CC)c1ccc(C(=O)C(c2ccccc2)c2ccccc2)cc1. The Labute approximate surface area is 156 Å². The highest BCUT2D eigenvalue weighted by Gasteiger charge is 2.23. The molecule has 0 spiro atoms. The molecule has 2 nitrogen and oxygen atoms in total. The number of carbonyl (C=O) groups is 1. The van der Waals surface area contributed by atoms with Crippen molar-refractivity contribution in [2.45, 2.75) is 19.8 Å². The third-order valence-electron chi connectivity index (χ3n) is 4.81. The van der Waals surface area contributed by atoms with E-state index in [1.165, 1.54) is 0 Å². The maximum atomic E-state index is 13.4. The van der Waals surface area contributed by atoms with Gasteiger partial charge in [-0.2, -0.15) is 0 Å². The van der Waals surface area contributed by atoms with Crippen LogP contribution >= 0.6 is 0 Å². The monoisotopic (exact) mass is 343 g/mol. The van der Waals surface area contributed by atoms with Crippen LogP contribution in [0.5, 0.6) is 0 Å². The molecule has 0 saturated carbocycles. The van der Waals surface area contributed by atoms with Crippen molar-refractivity contribution in [1.82, 2.24) is 0 Å². The zero-order valence-electron chi connectivity index (χ0n) is 15.4. The molecule has 0 aliphatic heterocycles. The summed E-state index contributed by atoms with van der Waals surface area (Å²) < 4.78 is 0. The second-order valence-electron chi connectivity index (χ2n) is 6.34. The van der Waals surface area contributed by atoms with Gasteiger partial charge >= 0.3 is 0 Å². The minimum Gasteiger partial charge on any atom is -0.372 e. The topological polar surface area (TPSA) is 20.3 Å². The lowest BCUT2D eigenvalue weighted by molar-refractivity contribution is 0.0974. The number of benzene rings is 3. The van der Waals surface area contributed by atoms with E-state index in [1.54, 1.807) is 0 Å². The predicted octanol–water partition coefficient (Wildman–Crippen LogP) is 5.55. The van der Waals surface area contributed by atoms with E-state index in [2.05, 4.69) is 18.7 Å². The second-order valence-corrected chi connectivity index (χ2v) is 6.34. The molecule has 0 N–H and O–H groups in total. The van der Waals surface area contributed by atoms with Crippen LogP contribution in [0.2, 0.25) is 0 Å². The maximum Gasteiger partial charge on any atom is 0.174 e. The fourth-order valence-corrected chi connectivity index (χ4v) is 3.38. The molecule has 26 heavy (non-hydrogen) atoms. The quantitative estimate of drug-likeness (QED) is 0.524. The van der Waals surface area contributed by atoms with Crippen LogP contribution in [0.4, 0.5) is 5.69 Å².